The summed E-state index contributed by atoms with van der Waals surface area (Å²) in [5.41, 5.74) is 6.86. The van der Waals surface area contributed by atoms with Crippen LogP contribution >= 0.6 is 11.8 Å². The summed E-state index contributed by atoms with van der Waals surface area (Å²) in [5, 5.41) is 10.0. The monoisotopic (exact) mass is 318 g/mol. The van der Waals surface area contributed by atoms with Gasteiger partial charge in [0.1, 0.15) is 0 Å². The predicted octanol–water partition coefficient (Wildman–Crippen LogP) is 1.28. The van der Waals surface area contributed by atoms with Crippen LogP contribution in [-0.2, 0) is 10.0 Å². The van der Waals surface area contributed by atoms with E-state index in [1.807, 2.05) is 20.1 Å². The number of hydrogen-bond donors (Lipinski definition) is 3. The highest BCUT2D eigenvalue weighted by molar-refractivity contribution is 7.98. The van der Waals surface area contributed by atoms with Crippen molar-refractivity contribution >= 4 is 27.5 Å². The number of nitrogens with two attached hydrogens (primary N) is 1. The second-order valence-electron chi connectivity index (χ2n) is 5.21. The van der Waals surface area contributed by atoms with E-state index in [2.05, 4.69) is 4.72 Å². The zero-order valence-electron chi connectivity index (χ0n) is 12.2. The first kappa shape index (κ1) is 17.3. The van der Waals surface area contributed by atoms with Gasteiger partial charge in [0.2, 0.25) is 10.0 Å². The molecule has 4 N–H and O–H groups in total. The molecule has 0 heterocycles. The summed E-state index contributed by atoms with van der Waals surface area (Å²) in [6.07, 6.45) is 1.85. The van der Waals surface area contributed by atoms with Gasteiger partial charge in [-0.3, -0.25) is 0 Å². The largest absolute Gasteiger partial charge is 0.398 e. The molecule has 0 saturated heterocycles. The van der Waals surface area contributed by atoms with E-state index in [9.17, 15) is 13.5 Å². The topological polar surface area (TPSA) is 92.4 Å². The van der Waals surface area contributed by atoms with E-state index >= 15 is 0 Å². The van der Waals surface area contributed by atoms with Gasteiger partial charge in [-0.1, -0.05) is 0 Å². The Labute approximate surface area is 125 Å². The normalized spacial score (nSPS) is 15.1. The lowest BCUT2D eigenvalue weighted by atomic mass is 10.1. The number of aliphatic hydroxyl groups is 1. The molecule has 0 bridgehead atoms. The third-order valence-electron chi connectivity index (χ3n) is 3.09. The Morgan fingerprint density at radius 2 is 2.00 bits per heavy atom. The molecule has 0 aliphatic rings. The molecule has 0 aliphatic heterocycles. The number of hydrogen-bond acceptors (Lipinski definition) is 5. The summed E-state index contributed by atoms with van der Waals surface area (Å²) in [7, 11) is -3.67. The molecule has 1 unspecified atom stereocenters. The molecule has 0 radical (unpaired) electrons. The van der Waals surface area contributed by atoms with E-state index in [1.165, 1.54) is 17.8 Å². The molecule has 0 saturated carbocycles. The summed E-state index contributed by atoms with van der Waals surface area (Å²) >= 11 is 1.46. The summed E-state index contributed by atoms with van der Waals surface area (Å²) < 4.78 is 26.9. The molecule has 0 amide bonds. The maximum Gasteiger partial charge on any atom is 0.240 e. The van der Waals surface area contributed by atoms with Crippen molar-refractivity contribution < 1.29 is 13.5 Å². The van der Waals surface area contributed by atoms with E-state index in [0.717, 1.165) is 11.1 Å². The van der Waals surface area contributed by atoms with Crippen LogP contribution in [0, 0.1) is 13.8 Å². The minimum Gasteiger partial charge on any atom is -0.398 e. The fourth-order valence-electron chi connectivity index (χ4n) is 1.70. The molecule has 1 rings (SSSR count). The molecule has 0 fully saturated rings. The van der Waals surface area contributed by atoms with Gasteiger partial charge in [-0.15, -0.1) is 0 Å². The summed E-state index contributed by atoms with van der Waals surface area (Å²) in [6.45, 7) is 5.22. The van der Waals surface area contributed by atoms with Crippen molar-refractivity contribution in [1.29, 1.82) is 0 Å². The van der Waals surface area contributed by atoms with Gasteiger partial charge in [-0.05, 0) is 50.3 Å². The van der Waals surface area contributed by atoms with Gasteiger partial charge in [-0.25, -0.2) is 13.1 Å². The number of anilines is 1. The molecule has 0 spiro atoms. The van der Waals surface area contributed by atoms with Gasteiger partial charge in [0.05, 0.1) is 10.5 Å². The third-order valence-corrected chi connectivity index (χ3v) is 5.38. The van der Waals surface area contributed by atoms with Crippen LogP contribution < -0.4 is 10.5 Å². The van der Waals surface area contributed by atoms with Crippen molar-refractivity contribution in [1.82, 2.24) is 4.72 Å². The van der Waals surface area contributed by atoms with Gasteiger partial charge in [0.25, 0.3) is 0 Å². The molecular weight excluding hydrogens is 296 g/mol. The van der Waals surface area contributed by atoms with Gasteiger partial charge < -0.3 is 10.8 Å². The number of benzene rings is 1. The summed E-state index contributed by atoms with van der Waals surface area (Å²) in [5.74, 6) is 0.449. The van der Waals surface area contributed by atoms with Crippen molar-refractivity contribution in [3.05, 3.63) is 23.3 Å². The predicted molar refractivity (Wildman–Crippen MR) is 84.5 cm³/mol. The Bertz CT molecular complexity index is 560. The van der Waals surface area contributed by atoms with E-state index in [-0.39, 0.29) is 11.4 Å². The number of aryl methyl sites for hydroxylation is 1. The fraction of sp³-hybridized carbons (Fsp3) is 0.538. The SMILES string of the molecule is CSCC(C)(O)CNS(=O)(=O)c1cc(C)c(C)c(N)c1. The molecule has 1 aromatic rings. The van der Waals surface area contributed by atoms with Crippen molar-refractivity contribution in [3.8, 4) is 0 Å². The maximum atomic E-state index is 12.2. The van der Waals surface area contributed by atoms with Crippen LogP contribution in [0.15, 0.2) is 17.0 Å². The fourth-order valence-corrected chi connectivity index (χ4v) is 3.71. The number of thioether (sulfide) groups is 1. The number of nitrogens with one attached hydrogen (secondary N) is 1. The Morgan fingerprint density at radius 1 is 1.40 bits per heavy atom. The van der Waals surface area contributed by atoms with Crippen LogP contribution in [0.3, 0.4) is 0 Å². The molecule has 7 heteroatoms. The first-order valence-electron chi connectivity index (χ1n) is 6.17. The highest BCUT2D eigenvalue weighted by atomic mass is 32.2. The molecule has 5 nitrogen and oxygen atoms in total. The van der Waals surface area contributed by atoms with Crippen molar-refractivity contribution in [2.75, 3.05) is 24.3 Å². The minimum atomic E-state index is -3.67. The standard InChI is InChI=1S/C13H22N2O3S2/c1-9-5-11(6-12(14)10(9)2)20(17,18)15-7-13(3,16)8-19-4/h5-6,15-16H,7-8,14H2,1-4H3. The molecule has 1 aromatic carbocycles. The maximum absolute atomic E-state index is 12.2. The third kappa shape index (κ3) is 4.37. The highest BCUT2D eigenvalue weighted by Crippen LogP contribution is 2.21. The highest BCUT2D eigenvalue weighted by Gasteiger charge is 2.24. The van der Waals surface area contributed by atoms with Crippen LogP contribution in [0.5, 0.6) is 0 Å². The molecule has 114 valence electrons. The Kier molecular flexibility index (Phi) is 5.48. The molecule has 0 aliphatic carbocycles. The quantitative estimate of drug-likeness (QED) is 0.687. The first-order valence-corrected chi connectivity index (χ1v) is 9.04. The van der Waals surface area contributed by atoms with E-state index in [4.69, 9.17) is 5.73 Å². The summed E-state index contributed by atoms with van der Waals surface area (Å²) in [6, 6.07) is 3.02. The van der Waals surface area contributed by atoms with Crippen LogP contribution in [0.25, 0.3) is 0 Å². The number of rotatable bonds is 6. The zero-order chi connectivity index (χ0) is 15.6. The van der Waals surface area contributed by atoms with Gasteiger partial charge in [0.15, 0.2) is 0 Å². The van der Waals surface area contributed by atoms with Gasteiger partial charge in [-0.2, -0.15) is 11.8 Å². The molecule has 0 aromatic heterocycles. The minimum absolute atomic E-state index is 0.0387. The average Bonchev–Trinajstić information content (AvgIpc) is 2.33. The van der Waals surface area contributed by atoms with Crippen LogP contribution in [0.1, 0.15) is 18.1 Å². The number of sulfonamides is 1. The molecule has 1 atom stereocenters. The van der Waals surface area contributed by atoms with Crippen molar-refractivity contribution in [2.45, 2.75) is 31.3 Å². The van der Waals surface area contributed by atoms with E-state index < -0.39 is 15.6 Å². The number of nitrogen functional groups attached to an aromatic ring is 1. The first-order chi connectivity index (χ1) is 9.09. The second-order valence-corrected chi connectivity index (χ2v) is 7.84. The lowest BCUT2D eigenvalue weighted by molar-refractivity contribution is 0.0908. The van der Waals surface area contributed by atoms with Gasteiger partial charge >= 0.3 is 0 Å². The van der Waals surface area contributed by atoms with Crippen molar-refractivity contribution in [3.63, 3.8) is 0 Å². The van der Waals surface area contributed by atoms with Crippen molar-refractivity contribution in [2.24, 2.45) is 0 Å². The zero-order valence-corrected chi connectivity index (χ0v) is 13.9. The smallest absolute Gasteiger partial charge is 0.240 e. The summed E-state index contributed by atoms with van der Waals surface area (Å²) in [4.78, 5) is 0.123. The van der Waals surface area contributed by atoms with E-state index in [1.54, 1.807) is 13.0 Å². The molecule has 20 heavy (non-hydrogen) atoms. The van der Waals surface area contributed by atoms with E-state index in [0.29, 0.717) is 11.4 Å². The van der Waals surface area contributed by atoms with Gasteiger partial charge in [0, 0.05) is 18.0 Å². The molecular formula is C13H22N2O3S2. The van der Waals surface area contributed by atoms with Crippen LogP contribution in [-0.4, -0.2) is 37.7 Å². The second kappa shape index (κ2) is 6.34. The van der Waals surface area contributed by atoms with Crippen LogP contribution in [0.2, 0.25) is 0 Å². The Balaban J connectivity index is 2.95. The Morgan fingerprint density at radius 3 is 2.50 bits per heavy atom. The lowest BCUT2D eigenvalue weighted by Gasteiger charge is -2.22. The average molecular weight is 318 g/mol. The van der Waals surface area contributed by atoms with Crippen LogP contribution in [0.4, 0.5) is 5.69 Å². The lowest BCUT2D eigenvalue weighted by Crippen LogP contribution is -2.42. The Hall–Kier alpha value is -0.760.